The quantitative estimate of drug-likeness (QED) is 0.579. The Kier molecular flexibility index (Phi) is 1.88. The second-order valence-corrected chi connectivity index (χ2v) is 1.81. The van der Waals surface area contributed by atoms with E-state index in [1.807, 2.05) is 6.07 Å². The molecule has 0 radical (unpaired) electrons. The van der Waals surface area contributed by atoms with Crippen LogP contribution in [0.2, 0.25) is 0 Å². The van der Waals surface area contributed by atoms with Gasteiger partial charge in [0.2, 0.25) is 0 Å². The molecule has 5 heteroatoms. The predicted octanol–water partition coefficient (Wildman–Crippen LogP) is 0.191. The van der Waals surface area contributed by atoms with Crippen molar-refractivity contribution in [1.29, 1.82) is 5.26 Å². The number of rotatable bonds is 1. The summed E-state index contributed by atoms with van der Waals surface area (Å²) in [6.07, 6.45) is 2.97. The van der Waals surface area contributed by atoms with Crippen molar-refractivity contribution in [3.8, 4) is 6.07 Å². The van der Waals surface area contributed by atoms with Crippen LogP contribution in [0.5, 0.6) is 0 Å². The van der Waals surface area contributed by atoms with Crippen molar-refractivity contribution >= 4 is 12.0 Å². The van der Waals surface area contributed by atoms with Crippen LogP contribution in [-0.2, 0) is 0 Å². The van der Waals surface area contributed by atoms with Gasteiger partial charge in [-0.3, -0.25) is 0 Å². The number of hydrogen-bond acceptors (Lipinski definition) is 4. The molecule has 0 aliphatic carbocycles. The Labute approximate surface area is 63.8 Å². The van der Waals surface area contributed by atoms with Crippen molar-refractivity contribution in [2.75, 3.05) is 5.73 Å². The normalized spacial score (nSPS) is 10.2. The molecule has 1 aromatic heterocycles. The van der Waals surface area contributed by atoms with Crippen LogP contribution in [0.25, 0.3) is 0 Å². The van der Waals surface area contributed by atoms with Gasteiger partial charge in [-0.1, -0.05) is 0 Å². The lowest BCUT2D eigenvalue weighted by Gasteiger charge is -1.92. The smallest absolute Gasteiger partial charge is 0.184 e. The van der Waals surface area contributed by atoms with E-state index in [4.69, 9.17) is 11.0 Å². The summed E-state index contributed by atoms with van der Waals surface area (Å²) in [6.45, 7) is 1.76. The van der Waals surface area contributed by atoms with Gasteiger partial charge in [-0.2, -0.15) is 10.4 Å². The van der Waals surface area contributed by atoms with E-state index in [-0.39, 0.29) is 11.5 Å². The Hall–Kier alpha value is -1.83. The Balaban J connectivity index is 3.13. The summed E-state index contributed by atoms with van der Waals surface area (Å²) in [6, 6.07) is 1.84. The molecule has 0 saturated heterocycles. The van der Waals surface area contributed by atoms with E-state index in [2.05, 4.69) is 10.1 Å². The van der Waals surface area contributed by atoms with Gasteiger partial charge in [-0.05, 0) is 6.92 Å². The molecule has 0 bridgehead atoms. The SMILES string of the molecule is C/C=N/n1cnc(C#N)c1N. The van der Waals surface area contributed by atoms with Crippen LogP contribution in [0.15, 0.2) is 11.4 Å². The molecule has 5 nitrogen and oxygen atoms in total. The lowest BCUT2D eigenvalue weighted by atomic mass is 10.5. The van der Waals surface area contributed by atoms with Crippen LogP contribution in [0.4, 0.5) is 5.82 Å². The van der Waals surface area contributed by atoms with E-state index in [0.717, 1.165) is 0 Å². The van der Waals surface area contributed by atoms with Gasteiger partial charge < -0.3 is 5.73 Å². The molecule has 0 spiro atoms. The molecular formula is C6H7N5. The van der Waals surface area contributed by atoms with Crippen molar-refractivity contribution < 1.29 is 0 Å². The maximum Gasteiger partial charge on any atom is 0.184 e. The zero-order valence-electron chi connectivity index (χ0n) is 6.02. The average Bonchev–Trinajstić information content (AvgIpc) is 2.34. The second kappa shape index (κ2) is 2.84. The largest absolute Gasteiger partial charge is 0.381 e. The molecule has 11 heavy (non-hydrogen) atoms. The Morgan fingerprint density at radius 2 is 2.64 bits per heavy atom. The summed E-state index contributed by atoms with van der Waals surface area (Å²) in [5, 5.41) is 12.3. The molecule has 0 atom stereocenters. The first-order valence-electron chi connectivity index (χ1n) is 3.01. The maximum absolute atomic E-state index is 8.44. The molecule has 0 unspecified atom stereocenters. The zero-order chi connectivity index (χ0) is 8.27. The van der Waals surface area contributed by atoms with E-state index in [0.29, 0.717) is 0 Å². The van der Waals surface area contributed by atoms with E-state index in [1.54, 1.807) is 13.1 Å². The van der Waals surface area contributed by atoms with Gasteiger partial charge >= 0.3 is 0 Å². The van der Waals surface area contributed by atoms with E-state index in [1.165, 1.54) is 11.0 Å². The third-order valence-corrected chi connectivity index (χ3v) is 1.13. The summed E-state index contributed by atoms with van der Waals surface area (Å²) in [4.78, 5) is 3.72. The summed E-state index contributed by atoms with van der Waals surface area (Å²) in [5.41, 5.74) is 5.67. The van der Waals surface area contributed by atoms with E-state index >= 15 is 0 Å². The highest BCUT2D eigenvalue weighted by molar-refractivity contribution is 5.54. The number of nitrogen functional groups attached to an aromatic ring is 1. The lowest BCUT2D eigenvalue weighted by Crippen LogP contribution is -1.96. The fourth-order valence-electron chi connectivity index (χ4n) is 0.652. The molecule has 0 amide bonds. The highest BCUT2D eigenvalue weighted by atomic mass is 15.4. The first-order valence-corrected chi connectivity index (χ1v) is 3.01. The summed E-state index contributed by atoms with van der Waals surface area (Å²) in [7, 11) is 0. The Morgan fingerprint density at radius 1 is 1.91 bits per heavy atom. The number of aromatic nitrogens is 2. The third kappa shape index (κ3) is 1.19. The van der Waals surface area contributed by atoms with Gasteiger partial charge in [-0.25, -0.2) is 9.66 Å². The van der Waals surface area contributed by atoms with Crippen LogP contribution >= 0.6 is 0 Å². The van der Waals surface area contributed by atoms with Crippen molar-refractivity contribution in [2.24, 2.45) is 5.10 Å². The van der Waals surface area contributed by atoms with Crippen molar-refractivity contribution in [1.82, 2.24) is 9.66 Å². The Bertz CT molecular complexity index is 316. The molecule has 0 aromatic carbocycles. The molecule has 0 aliphatic rings. The lowest BCUT2D eigenvalue weighted by molar-refractivity contribution is 0.892. The minimum Gasteiger partial charge on any atom is -0.381 e. The fraction of sp³-hybridized carbons (Fsp3) is 0.167. The monoisotopic (exact) mass is 149 g/mol. The number of hydrogen-bond donors (Lipinski definition) is 1. The van der Waals surface area contributed by atoms with Crippen LogP contribution in [0, 0.1) is 11.3 Å². The number of nitrogens with zero attached hydrogens (tertiary/aromatic N) is 4. The van der Waals surface area contributed by atoms with Gasteiger partial charge in [0.15, 0.2) is 11.5 Å². The minimum atomic E-state index is 0.204. The van der Waals surface area contributed by atoms with Crippen LogP contribution in [0.1, 0.15) is 12.6 Å². The van der Waals surface area contributed by atoms with Crippen LogP contribution < -0.4 is 5.73 Å². The molecule has 0 fully saturated rings. The highest BCUT2D eigenvalue weighted by Gasteiger charge is 2.03. The molecule has 2 N–H and O–H groups in total. The van der Waals surface area contributed by atoms with Gasteiger partial charge in [0.1, 0.15) is 12.4 Å². The van der Waals surface area contributed by atoms with E-state index in [9.17, 15) is 0 Å². The van der Waals surface area contributed by atoms with Gasteiger partial charge in [0.25, 0.3) is 0 Å². The molecule has 56 valence electrons. The third-order valence-electron chi connectivity index (χ3n) is 1.13. The predicted molar refractivity (Wildman–Crippen MR) is 40.9 cm³/mol. The average molecular weight is 149 g/mol. The molecule has 0 saturated carbocycles. The molecule has 1 aromatic rings. The first kappa shape index (κ1) is 7.28. The molecule has 1 rings (SSSR count). The van der Waals surface area contributed by atoms with Gasteiger partial charge in [0, 0.05) is 6.21 Å². The van der Waals surface area contributed by atoms with Crippen LogP contribution in [0.3, 0.4) is 0 Å². The van der Waals surface area contributed by atoms with Crippen molar-refractivity contribution in [3.05, 3.63) is 12.0 Å². The molecule has 1 heterocycles. The van der Waals surface area contributed by atoms with Crippen molar-refractivity contribution in [2.45, 2.75) is 6.92 Å². The minimum absolute atomic E-state index is 0.204. The van der Waals surface area contributed by atoms with E-state index < -0.39 is 0 Å². The van der Waals surface area contributed by atoms with Gasteiger partial charge in [-0.15, -0.1) is 0 Å². The zero-order valence-corrected chi connectivity index (χ0v) is 6.02. The number of imidazole rings is 1. The van der Waals surface area contributed by atoms with Crippen molar-refractivity contribution in [3.63, 3.8) is 0 Å². The molecule has 0 aliphatic heterocycles. The number of nitrogens with two attached hydrogens (primary N) is 1. The number of anilines is 1. The summed E-state index contributed by atoms with van der Waals surface area (Å²) < 4.78 is 1.35. The summed E-state index contributed by atoms with van der Waals surface area (Å²) in [5.74, 6) is 0.269. The number of nitriles is 1. The Morgan fingerprint density at radius 3 is 3.09 bits per heavy atom. The maximum atomic E-state index is 8.44. The second-order valence-electron chi connectivity index (χ2n) is 1.81. The van der Waals surface area contributed by atoms with Crippen LogP contribution in [-0.4, -0.2) is 15.9 Å². The highest BCUT2D eigenvalue weighted by Crippen LogP contribution is 2.06. The summed E-state index contributed by atoms with van der Waals surface area (Å²) >= 11 is 0. The fourth-order valence-corrected chi connectivity index (χ4v) is 0.652. The standard InChI is InChI=1S/C6H7N5/c1-2-10-11-4-9-5(3-7)6(11)8/h2,4H,8H2,1H3/b10-2+. The molecular weight excluding hydrogens is 142 g/mol. The topological polar surface area (TPSA) is 80.0 Å². The first-order chi connectivity index (χ1) is 5.29. The van der Waals surface area contributed by atoms with Gasteiger partial charge in [0.05, 0.1) is 0 Å².